The third-order valence-corrected chi connectivity index (χ3v) is 7.17. The Bertz CT molecular complexity index is 1050. The summed E-state index contributed by atoms with van der Waals surface area (Å²) in [6.07, 6.45) is 2.75. The number of nitrogens with zero attached hydrogens (tertiary/aromatic N) is 3. The standard InChI is InChI=1S/C22H24N4O3S2/c1-2-29-22(28)26-10-8-16(9-11-26)25-19(27)13-30-20-17-12-18(15-6-4-3-5-7-15)31-21(17)24-14-23-20/h3-7,12,14,16H,2,8-11,13H2,1H3,(H,25,27). The molecule has 0 saturated carbocycles. The lowest BCUT2D eigenvalue weighted by molar-refractivity contribution is -0.119. The van der Waals surface area contributed by atoms with Crippen molar-refractivity contribution < 1.29 is 14.3 Å². The fourth-order valence-electron chi connectivity index (χ4n) is 3.52. The fraction of sp³-hybridized carbons (Fsp3) is 0.364. The third-order valence-electron chi connectivity index (χ3n) is 5.08. The van der Waals surface area contributed by atoms with Crippen LogP contribution >= 0.6 is 23.1 Å². The largest absolute Gasteiger partial charge is 0.450 e. The van der Waals surface area contributed by atoms with E-state index in [1.807, 2.05) is 18.2 Å². The topological polar surface area (TPSA) is 84.4 Å². The van der Waals surface area contributed by atoms with Gasteiger partial charge in [-0.3, -0.25) is 4.79 Å². The number of carbonyl (C=O) groups is 2. The van der Waals surface area contributed by atoms with Crippen LogP contribution < -0.4 is 5.32 Å². The summed E-state index contributed by atoms with van der Waals surface area (Å²) in [7, 11) is 0. The Morgan fingerprint density at radius 3 is 2.74 bits per heavy atom. The second-order valence-electron chi connectivity index (χ2n) is 7.19. The van der Waals surface area contributed by atoms with E-state index in [4.69, 9.17) is 4.74 Å². The minimum atomic E-state index is -0.277. The predicted octanol–water partition coefficient (Wildman–Crippen LogP) is 4.19. The Hall–Kier alpha value is -2.65. The zero-order valence-corrected chi connectivity index (χ0v) is 18.9. The maximum atomic E-state index is 12.5. The quantitative estimate of drug-likeness (QED) is 0.442. The number of thioether (sulfide) groups is 1. The highest BCUT2D eigenvalue weighted by atomic mass is 32.2. The SMILES string of the molecule is CCOC(=O)N1CCC(NC(=O)CSc2ncnc3sc(-c4ccccc4)cc23)CC1. The van der Waals surface area contributed by atoms with Crippen LogP contribution in [0.5, 0.6) is 0 Å². The Balaban J connectivity index is 1.33. The summed E-state index contributed by atoms with van der Waals surface area (Å²) in [4.78, 5) is 36.8. The minimum absolute atomic E-state index is 0.0233. The lowest BCUT2D eigenvalue weighted by Gasteiger charge is -2.31. The molecule has 0 spiro atoms. The molecule has 1 aromatic carbocycles. The van der Waals surface area contributed by atoms with Crippen LogP contribution in [0.15, 0.2) is 47.8 Å². The van der Waals surface area contributed by atoms with Gasteiger partial charge in [0.25, 0.3) is 0 Å². The molecule has 0 bridgehead atoms. The lowest BCUT2D eigenvalue weighted by Crippen LogP contribution is -2.47. The lowest BCUT2D eigenvalue weighted by atomic mass is 10.1. The van der Waals surface area contributed by atoms with Crippen LogP contribution in [0.4, 0.5) is 4.79 Å². The maximum Gasteiger partial charge on any atom is 0.409 e. The Kier molecular flexibility index (Phi) is 7.03. The molecule has 1 N–H and O–H groups in total. The molecule has 1 saturated heterocycles. The van der Waals surface area contributed by atoms with Crippen LogP contribution in [0.1, 0.15) is 19.8 Å². The number of hydrogen-bond acceptors (Lipinski definition) is 7. The molecule has 31 heavy (non-hydrogen) atoms. The van der Waals surface area contributed by atoms with Gasteiger partial charge in [0.15, 0.2) is 0 Å². The van der Waals surface area contributed by atoms with Gasteiger partial charge in [-0.1, -0.05) is 42.1 Å². The van der Waals surface area contributed by atoms with Gasteiger partial charge in [0.05, 0.1) is 12.4 Å². The number of amides is 2. The van der Waals surface area contributed by atoms with Gasteiger partial charge in [0.2, 0.25) is 5.91 Å². The van der Waals surface area contributed by atoms with Gasteiger partial charge >= 0.3 is 6.09 Å². The van der Waals surface area contributed by atoms with Crippen LogP contribution in [0.3, 0.4) is 0 Å². The highest BCUT2D eigenvalue weighted by molar-refractivity contribution is 8.00. The summed E-state index contributed by atoms with van der Waals surface area (Å²) in [5.74, 6) is 0.269. The van der Waals surface area contributed by atoms with Gasteiger partial charge in [-0.05, 0) is 31.4 Å². The van der Waals surface area contributed by atoms with Crippen molar-refractivity contribution in [2.45, 2.75) is 30.8 Å². The maximum absolute atomic E-state index is 12.5. The van der Waals surface area contributed by atoms with E-state index in [0.29, 0.717) is 25.4 Å². The van der Waals surface area contributed by atoms with Crippen molar-refractivity contribution in [3.63, 3.8) is 0 Å². The van der Waals surface area contributed by atoms with E-state index in [2.05, 4.69) is 33.5 Å². The van der Waals surface area contributed by atoms with Crippen molar-refractivity contribution in [2.75, 3.05) is 25.4 Å². The molecule has 3 aromatic rings. The van der Waals surface area contributed by atoms with Gasteiger partial charge in [-0.25, -0.2) is 14.8 Å². The molecule has 2 amide bonds. The molecule has 1 aliphatic rings. The second kappa shape index (κ2) is 10.1. The van der Waals surface area contributed by atoms with Crippen molar-refractivity contribution >= 4 is 45.3 Å². The molecular formula is C22H24N4O3S2. The van der Waals surface area contributed by atoms with Crippen molar-refractivity contribution in [1.82, 2.24) is 20.2 Å². The van der Waals surface area contributed by atoms with Crippen molar-refractivity contribution in [2.24, 2.45) is 0 Å². The average molecular weight is 457 g/mol. The minimum Gasteiger partial charge on any atom is -0.450 e. The Morgan fingerprint density at radius 1 is 1.23 bits per heavy atom. The Morgan fingerprint density at radius 2 is 2.00 bits per heavy atom. The molecule has 9 heteroatoms. The number of nitrogens with one attached hydrogen (secondary N) is 1. The number of thiophene rings is 1. The number of hydrogen-bond donors (Lipinski definition) is 1. The van der Waals surface area contributed by atoms with Gasteiger partial charge < -0.3 is 15.0 Å². The van der Waals surface area contributed by atoms with Crippen LogP contribution in [0.25, 0.3) is 20.7 Å². The molecule has 3 heterocycles. The first-order chi connectivity index (χ1) is 15.1. The number of benzene rings is 1. The van der Waals surface area contributed by atoms with E-state index in [0.717, 1.165) is 38.5 Å². The summed E-state index contributed by atoms with van der Waals surface area (Å²) in [5, 5.41) is 4.87. The molecule has 0 atom stereocenters. The second-order valence-corrected chi connectivity index (χ2v) is 9.19. The third kappa shape index (κ3) is 5.34. The molecule has 0 aliphatic carbocycles. The molecule has 4 rings (SSSR count). The number of likely N-dealkylation sites (tertiary alicyclic amines) is 1. The van der Waals surface area contributed by atoms with E-state index in [-0.39, 0.29) is 18.0 Å². The van der Waals surface area contributed by atoms with E-state index in [1.54, 1.807) is 29.5 Å². The number of piperidine rings is 1. The molecule has 1 aliphatic heterocycles. The van der Waals surface area contributed by atoms with Crippen molar-refractivity contribution in [3.05, 3.63) is 42.7 Å². The highest BCUT2D eigenvalue weighted by Gasteiger charge is 2.24. The first-order valence-corrected chi connectivity index (χ1v) is 12.1. The number of aromatic nitrogens is 2. The smallest absolute Gasteiger partial charge is 0.409 e. The average Bonchev–Trinajstić information content (AvgIpc) is 3.24. The molecule has 162 valence electrons. The summed E-state index contributed by atoms with van der Waals surface area (Å²) in [5.41, 5.74) is 1.15. The van der Waals surface area contributed by atoms with Crippen LogP contribution in [0, 0.1) is 0 Å². The van der Waals surface area contributed by atoms with Gasteiger partial charge in [-0.15, -0.1) is 11.3 Å². The molecule has 0 radical (unpaired) electrons. The van der Waals surface area contributed by atoms with Crippen LogP contribution in [-0.2, 0) is 9.53 Å². The first kappa shape index (κ1) is 21.6. The van der Waals surface area contributed by atoms with Gasteiger partial charge in [0.1, 0.15) is 16.2 Å². The normalized spacial score (nSPS) is 14.5. The highest BCUT2D eigenvalue weighted by Crippen LogP contribution is 2.36. The fourth-order valence-corrected chi connectivity index (χ4v) is 5.37. The van der Waals surface area contributed by atoms with E-state index in [1.165, 1.54) is 11.8 Å². The predicted molar refractivity (Wildman–Crippen MR) is 123 cm³/mol. The monoisotopic (exact) mass is 456 g/mol. The Labute approximate surface area is 189 Å². The molecule has 2 aromatic heterocycles. The first-order valence-electron chi connectivity index (χ1n) is 10.3. The van der Waals surface area contributed by atoms with Crippen LogP contribution in [-0.4, -0.2) is 58.4 Å². The molecule has 1 fully saturated rings. The van der Waals surface area contributed by atoms with E-state index >= 15 is 0 Å². The van der Waals surface area contributed by atoms with Gasteiger partial charge in [-0.2, -0.15) is 0 Å². The zero-order valence-electron chi connectivity index (χ0n) is 17.2. The number of ether oxygens (including phenoxy) is 1. The van der Waals surface area contributed by atoms with Crippen LogP contribution in [0.2, 0.25) is 0 Å². The number of fused-ring (bicyclic) bond motifs is 1. The summed E-state index contributed by atoms with van der Waals surface area (Å²) >= 11 is 3.05. The zero-order chi connectivity index (χ0) is 21.6. The number of carbonyl (C=O) groups excluding carboxylic acids is 2. The van der Waals surface area contributed by atoms with Gasteiger partial charge in [0, 0.05) is 29.4 Å². The molecular weight excluding hydrogens is 432 g/mol. The van der Waals surface area contributed by atoms with Crippen molar-refractivity contribution in [1.29, 1.82) is 0 Å². The summed E-state index contributed by atoms with van der Waals surface area (Å²) in [6.45, 7) is 3.37. The molecule has 7 nitrogen and oxygen atoms in total. The summed E-state index contributed by atoms with van der Waals surface area (Å²) in [6, 6.07) is 12.4. The molecule has 0 unspecified atom stereocenters. The van der Waals surface area contributed by atoms with E-state index < -0.39 is 0 Å². The van der Waals surface area contributed by atoms with E-state index in [9.17, 15) is 9.59 Å². The number of rotatable bonds is 6. The summed E-state index contributed by atoms with van der Waals surface area (Å²) < 4.78 is 5.04. The van der Waals surface area contributed by atoms with Crippen molar-refractivity contribution in [3.8, 4) is 10.4 Å².